The van der Waals surface area contributed by atoms with Crippen LogP contribution in [-0.4, -0.2) is 15.9 Å². The van der Waals surface area contributed by atoms with Crippen molar-refractivity contribution in [2.45, 2.75) is 6.18 Å². The molecule has 138 valence electrons. The average Bonchev–Trinajstić information content (AvgIpc) is 2.64. The number of carbonyl (C=O) groups is 1. The zero-order valence-corrected chi connectivity index (χ0v) is 14.3. The summed E-state index contributed by atoms with van der Waals surface area (Å²) in [5, 5.41) is 2.66. The molecule has 2 heterocycles. The Morgan fingerprint density at radius 3 is 2.44 bits per heavy atom. The number of carbonyl (C=O) groups excluding carboxylic acids is 1. The fraction of sp³-hybridized carbons (Fsp3) is 0.0556. The highest BCUT2D eigenvalue weighted by Gasteiger charge is 2.30. The number of rotatable bonds is 4. The molecule has 1 aromatic carbocycles. The van der Waals surface area contributed by atoms with Gasteiger partial charge in [0.05, 0.1) is 23.0 Å². The second kappa shape index (κ2) is 7.63. The number of anilines is 1. The van der Waals surface area contributed by atoms with Crippen molar-refractivity contribution in [1.82, 2.24) is 9.97 Å². The summed E-state index contributed by atoms with van der Waals surface area (Å²) >= 11 is 6.07. The highest BCUT2D eigenvalue weighted by atomic mass is 35.5. The maximum absolute atomic E-state index is 12.6. The lowest BCUT2D eigenvalue weighted by Crippen LogP contribution is -2.12. The minimum Gasteiger partial charge on any atom is -0.438 e. The molecule has 1 N–H and O–H groups in total. The molecule has 0 aliphatic heterocycles. The van der Waals surface area contributed by atoms with Crippen LogP contribution in [0.3, 0.4) is 0 Å². The summed E-state index contributed by atoms with van der Waals surface area (Å²) in [6.07, 6.45) is -0.134. The van der Waals surface area contributed by atoms with Crippen LogP contribution in [0.4, 0.5) is 18.9 Å². The lowest BCUT2D eigenvalue weighted by atomic mass is 10.2. The van der Waals surface area contributed by atoms with Gasteiger partial charge in [0.25, 0.3) is 5.91 Å². The van der Waals surface area contributed by atoms with Crippen LogP contribution in [0.15, 0.2) is 61.1 Å². The third-order valence-electron chi connectivity index (χ3n) is 3.39. The molecule has 0 radical (unpaired) electrons. The zero-order chi connectivity index (χ0) is 19.4. The Balaban J connectivity index is 1.72. The molecule has 0 aliphatic carbocycles. The number of benzene rings is 1. The van der Waals surface area contributed by atoms with E-state index in [1.165, 1.54) is 18.5 Å². The molecule has 0 bridgehead atoms. The lowest BCUT2D eigenvalue weighted by molar-refractivity contribution is -0.137. The van der Waals surface area contributed by atoms with Crippen LogP contribution >= 0.6 is 11.6 Å². The topological polar surface area (TPSA) is 64.1 Å². The molecule has 0 aliphatic rings. The number of alkyl halides is 3. The van der Waals surface area contributed by atoms with Crippen LogP contribution in [0.25, 0.3) is 0 Å². The minimum absolute atomic E-state index is 0.0330. The number of nitrogens with zero attached hydrogens (tertiary/aromatic N) is 2. The molecule has 0 saturated heterocycles. The number of hydrogen-bond donors (Lipinski definition) is 1. The molecule has 0 spiro atoms. The number of hydrogen-bond acceptors (Lipinski definition) is 4. The molecule has 0 fully saturated rings. The van der Waals surface area contributed by atoms with E-state index in [1.807, 2.05) is 0 Å². The van der Waals surface area contributed by atoms with Crippen LogP contribution < -0.4 is 10.1 Å². The summed E-state index contributed by atoms with van der Waals surface area (Å²) in [6, 6.07) is 8.77. The van der Waals surface area contributed by atoms with E-state index in [0.717, 1.165) is 24.3 Å². The average molecular weight is 394 g/mol. The molecular weight excluding hydrogens is 383 g/mol. The van der Waals surface area contributed by atoms with Crippen molar-refractivity contribution in [1.29, 1.82) is 0 Å². The van der Waals surface area contributed by atoms with Gasteiger partial charge >= 0.3 is 6.18 Å². The standard InChI is InChI=1S/C18H11ClF3N3O2/c19-15-8-11(16(26)25-13-2-1-7-23-10-13)9-24-17(15)27-14-5-3-12(4-6-14)18(20,21)22/h1-10H,(H,25,26). The molecule has 27 heavy (non-hydrogen) atoms. The normalized spacial score (nSPS) is 11.1. The summed E-state index contributed by atoms with van der Waals surface area (Å²) < 4.78 is 43.1. The van der Waals surface area contributed by atoms with Crippen LogP contribution in [0.2, 0.25) is 5.02 Å². The van der Waals surface area contributed by atoms with Crippen molar-refractivity contribution >= 4 is 23.2 Å². The van der Waals surface area contributed by atoms with Gasteiger partial charge < -0.3 is 10.1 Å². The first-order chi connectivity index (χ1) is 12.8. The van der Waals surface area contributed by atoms with Gasteiger partial charge in [0.15, 0.2) is 0 Å². The first-order valence-electron chi connectivity index (χ1n) is 7.55. The molecule has 0 saturated carbocycles. The van der Waals surface area contributed by atoms with Crippen molar-refractivity contribution < 1.29 is 22.7 Å². The summed E-state index contributed by atoms with van der Waals surface area (Å²) in [5.41, 5.74) is -0.108. The summed E-state index contributed by atoms with van der Waals surface area (Å²) in [4.78, 5) is 20.0. The number of nitrogens with one attached hydrogen (secondary N) is 1. The third kappa shape index (κ3) is 4.73. The number of ether oxygens (including phenoxy) is 1. The molecule has 9 heteroatoms. The Hall–Kier alpha value is -3.13. The molecule has 3 aromatic rings. The number of aromatic nitrogens is 2. The SMILES string of the molecule is O=C(Nc1cccnc1)c1cnc(Oc2ccc(C(F)(F)F)cc2)c(Cl)c1. The lowest BCUT2D eigenvalue weighted by Gasteiger charge is -2.10. The molecule has 1 amide bonds. The predicted molar refractivity (Wildman–Crippen MR) is 93.0 cm³/mol. The predicted octanol–water partition coefficient (Wildman–Crippen LogP) is 5.19. The van der Waals surface area contributed by atoms with Crippen molar-refractivity contribution in [3.8, 4) is 11.6 Å². The van der Waals surface area contributed by atoms with Gasteiger partial charge in [-0.2, -0.15) is 13.2 Å². The first-order valence-corrected chi connectivity index (χ1v) is 7.93. The van der Waals surface area contributed by atoms with Crippen LogP contribution in [0, 0.1) is 0 Å². The molecule has 0 atom stereocenters. The highest BCUT2D eigenvalue weighted by Crippen LogP contribution is 2.32. The van der Waals surface area contributed by atoms with E-state index in [2.05, 4.69) is 15.3 Å². The van der Waals surface area contributed by atoms with E-state index in [-0.39, 0.29) is 22.2 Å². The monoisotopic (exact) mass is 393 g/mol. The molecular formula is C18H11ClF3N3O2. The smallest absolute Gasteiger partial charge is 0.416 e. The van der Waals surface area contributed by atoms with Crippen molar-refractivity contribution in [2.24, 2.45) is 0 Å². The van der Waals surface area contributed by atoms with Gasteiger partial charge in [-0.25, -0.2) is 4.98 Å². The van der Waals surface area contributed by atoms with Crippen LogP contribution in [-0.2, 0) is 6.18 Å². The van der Waals surface area contributed by atoms with Crippen molar-refractivity contribution in [2.75, 3.05) is 5.32 Å². The maximum atomic E-state index is 12.6. The van der Waals surface area contributed by atoms with E-state index in [0.29, 0.717) is 5.69 Å². The Morgan fingerprint density at radius 2 is 1.85 bits per heavy atom. The molecule has 3 rings (SSSR count). The fourth-order valence-electron chi connectivity index (χ4n) is 2.09. The van der Waals surface area contributed by atoms with Gasteiger partial charge in [-0.3, -0.25) is 9.78 Å². The fourth-order valence-corrected chi connectivity index (χ4v) is 2.29. The largest absolute Gasteiger partial charge is 0.438 e. The van der Waals surface area contributed by atoms with E-state index >= 15 is 0 Å². The van der Waals surface area contributed by atoms with Crippen LogP contribution in [0.1, 0.15) is 15.9 Å². The number of pyridine rings is 2. The van der Waals surface area contributed by atoms with Crippen molar-refractivity contribution in [3.05, 3.63) is 77.2 Å². The Bertz CT molecular complexity index is 948. The van der Waals surface area contributed by atoms with Gasteiger partial charge in [0, 0.05) is 12.4 Å². The molecule has 5 nitrogen and oxygen atoms in total. The van der Waals surface area contributed by atoms with E-state index < -0.39 is 17.6 Å². The minimum atomic E-state index is -4.43. The Kier molecular flexibility index (Phi) is 5.27. The zero-order valence-electron chi connectivity index (χ0n) is 13.5. The Labute approximate surface area is 156 Å². The first kappa shape index (κ1) is 18.7. The summed E-state index contributed by atoms with van der Waals surface area (Å²) in [7, 11) is 0. The summed E-state index contributed by atoms with van der Waals surface area (Å²) in [6.45, 7) is 0. The van der Waals surface area contributed by atoms with Crippen LogP contribution in [0.5, 0.6) is 11.6 Å². The third-order valence-corrected chi connectivity index (χ3v) is 3.66. The second-order valence-corrected chi connectivity index (χ2v) is 5.74. The van der Waals surface area contributed by atoms with E-state index in [9.17, 15) is 18.0 Å². The van der Waals surface area contributed by atoms with E-state index in [4.69, 9.17) is 16.3 Å². The number of halogens is 4. The quantitative estimate of drug-likeness (QED) is 0.662. The Morgan fingerprint density at radius 1 is 1.11 bits per heavy atom. The van der Waals surface area contributed by atoms with Gasteiger partial charge in [0.2, 0.25) is 5.88 Å². The van der Waals surface area contributed by atoms with Crippen molar-refractivity contribution in [3.63, 3.8) is 0 Å². The summed E-state index contributed by atoms with van der Waals surface area (Å²) in [5.74, 6) is -0.349. The number of amides is 1. The van der Waals surface area contributed by atoms with Gasteiger partial charge in [-0.1, -0.05) is 11.6 Å². The highest BCUT2D eigenvalue weighted by molar-refractivity contribution is 6.32. The van der Waals surface area contributed by atoms with Gasteiger partial charge in [-0.15, -0.1) is 0 Å². The van der Waals surface area contributed by atoms with Gasteiger partial charge in [-0.05, 0) is 42.5 Å². The molecule has 2 aromatic heterocycles. The second-order valence-electron chi connectivity index (χ2n) is 5.33. The van der Waals surface area contributed by atoms with E-state index in [1.54, 1.807) is 18.3 Å². The maximum Gasteiger partial charge on any atom is 0.416 e. The van der Waals surface area contributed by atoms with Gasteiger partial charge in [0.1, 0.15) is 10.8 Å². The molecule has 0 unspecified atom stereocenters.